The maximum Gasteiger partial charge on any atom is 0.329 e. The summed E-state index contributed by atoms with van der Waals surface area (Å²) in [6, 6.07) is 5.05. The maximum atomic E-state index is 12.5. The number of likely N-dealkylation sites (tertiary alicyclic amines) is 1. The SMILES string of the molecule is CCC1(C(=O)O)CCCN1C(=O)c1cccc(Br)n1. The minimum atomic E-state index is -1.08. The minimum Gasteiger partial charge on any atom is -0.479 e. The third-order valence-corrected chi connectivity index (χ3v) is 4.09. The van der Waals surface area contributed by atoms with Gasteiger partial charge in [0.25, 0.3) is 5.91 Å². The van der Waals surface area contributed by atoms with Crippen molar-refractivity contribution >= 4 is 27.8 Å². The van der Waals surface area contributed by atoms with Gasteiger partial charge < -0.3 is 10.0 Å². The van der Waals surface area contributed by atoms with E-state index in [0.29, 0.717) is 30.4 Å². The number of carboxylic acids is 1. The van der Waals surface area contributed by atoms with E-state index < -0.39 is 11.5 Å². The van der Waals surface area contributed by atoms with Gasteiger partial charge in [-0.2, -0.15) is 0 Å². The Hall–Kier alpha value is -1.43. The van der Waals surface area contributed by atoms with Crippen LogP contribution in [0.4, 0.5) is 0 Å². The van der Waals surface area contributed by atoms with E-state index in [1.807, 2.05) is 0 Å². The van der Waals surface area contributed by atoms with Gasteiger partial charge in [0.15, 0.2) is 0 Å². The number of carbonyl (C=O) groups excluding carboxylic acids is 1. The molecule has 5 nitrogen and oxygen atoms in total. The van der Waals surface area contributed by atoms with E-state index in [4.69, 9.17) is 0 Å². The molecule has 1 unspecified atom stereocenters. The van der Waals surface area contributed by atoms with Crippen molar-refractivity contribution in [2.45, 2.75) is 31.7 Å². The molecule has 102 valence electrons. The van der Waals surface area contributed by atoms with E-state index in [1.165, 1.54) is 4.90 Å². The second-order valence-corrected chi connectivity index (χ2v) is 5.41. The molecule has 2 heterocycles. The zero-order valence-electron chi connectivity index (χ0n) is 10.6. The number of nitrogens with zero attached hydrogens (tertiary/aromatic N) is 2. The van der Waals surface area contributed by atoms with Crippen molar-refractivity contribution in [1.82, 2.24) is 9.88 Å². The quantitative estimate of drug-likeness (QED) is 0.865. The largest absolute Gasteiger partial charge is 0.479 e. The Morgan fingerprint density at radius 2 is 2.26 bits per heavy atom. The van der Waals surface area contributed by atoms with Crippen molar-refractivity contribution in [3.05, 3.63) is 28.5 Å². The molecule has 0 aliphatic carbocycles. The summed E-state index contributed by atoms with van der Waals surface area (Å²) in [5.74, 6) is -1.25. The second-order valence-electron chi connectivity index (χ2n) is 4.60. The first-order chi connectivity index (χ1) is 9.01. The van der Waals surface area contributed by atoms with Gasteiger partial charge in [-0.25, -0.2) is 9.78 Å². The first-order valence-corrected chi connectivity index (χ1v) is 6.98. The second kappa shape index (κ2) is 5.28. The molecule has 1 aromatic rings. The van der Waals surface area contributed by atoms with Gasteiger partial charge in [0.05, 0.1) is 0 Å². The number of carboxylic acid groups (broad SMARTS) is 1. The van der Waals surface area contributed by atoms with Gasteiger partial charge in [-0.05, 0) is 47.3 Å². The summed E-state index contributed by atoms with van der Waals surface area (Å²) in [7, 11) is 0. The summed E-state index contributed by atoms with van der Waals surface area (Å²) < 4.78 is 0.565. The van der Waals surface area contributed by atoms with E-state index in [1.54, 1.807) is 25.1 Å². The number of carbonyl (C=O) groups is 2. The third kappa shape index (κ3) is 2.36. The zero-order valence-corrected chi connectivity index (χ0v) is 12.2. The average Bonchev–Trinajstić information content (AvgIpc) is 2.82. The molecule has 1 N–H and O–H groups in total. The van der Waals surface area contributed by atoms with Gasteiger partial charge in [0.2, 0.25) is 0 Å². The zero-order chi connectivity index (χ0) is 14.0. The van der Waals surface area contributed by atoms with E-state index in [0.717, 1.165) is 0 Å². The molecule has 1 aromatic heterocycles. The smallest absolute Gasteiger partial charge is 0.329 e. The summed E-state index contributed by atoms with van der Waals surface area (Å²) in [5.41, 5.74) is -0.809. The molecule has 0 saturated carbocycles. The highest BCUT2D eigenvalue weighted by molar-refractivity contribution is 9.10. The fourth-order valence-electron chi connectivity index (χ4n) is 2.58. The fraction of sp³-hybridized carbons (Fsp3) is 0.462. The van der Waals surface area contributed by atoms with Crippen LogP contribution in [0.15, 0.2) is 22.8 Å². The van der Waals surface area contributed by atoms with Crippen LogP contribution in [0.2, 0.25) is 0 Å². The monoisotopic (exact) mass is 326 g/mol. The van der Waals surface area contributed by atoms with Crippen molar-refractivity contribution < 1.29 is 14.7 Å². The predicted molar refractivity (Wildman–Crippen MR) is 72.9 cm³/mol. The summed E-state index contributed by atoms with van der Waals surface area (Å²) in [6.07, 6.45) is 1.61. The lowest BCUT2D eigenvalue weighted by Crippen LogP contribution is -2.52. The molecule has 1 aliphatic heterocycles. The van der Waals surface area contributed by atoms with Gasteiger partial charge in [-0.15, -0.1) is 0 Å². The number of amides is 1. The molecule has 1 aliphatic rings. The van der Waals surface area contributed by atoms with Crippen LogP contribution < -0.4 is 0 Å². The molecule has 1 atom stereocenters. The fourth-order valence-corrected chi connectivity index (χ4v) is 2.93. The van der Waals surface area contributed by atoms with Gasteiger partial charge in [0.1, 0.15) is 15.8 Å². The van der Waals surface area contributed by atoms with E-state index in [2.05, 4.69) is 20.9 Å². The number of aliphatic carboxylic acids is 1. The lowest BCUT2D eigenvalue weighted by molar-refractivity contribution is -0.148. The Balaban J connectivity index is 2.35. The van der Waals surface area contributed by atoms with Crippen LogP contribution in [0, 0.1) is 0 Å². The van der Waals surface area contributed by atoms with Crippen molar-refractivity contribution in [1.29, 1.82) is 0 Å². The number of aromatic nitrogens is 1. The molecule has 0 radical (unpaired) electrons. The standard InChI is InChI=1S/C13H15BrN2O3/c1-2-13(12(18)19)7-4-8-16(13)11(17)9-5-3-6-10(14)15-9/h3,5-6H,2,4,7-8H2,1H3,(H,18,19). The molecule has 19 heavy (non-hydrogen) atoms. The molecule has 2 rings (SSSR count). The normalized spacial score (nSPS) is 22.5. The molecule has 0 bridgehead atoms. The van der Waals surface area contributed by atoms with Gasteiger partial charge in [0, 0.05) is 6.54 Å². The molecule has 0 aromatic carbocycles. The van der Waals surface area contributed by atoms with Crippen LogP contribution in [0.3, 0.4) is 0 Å². The summed E-state index contributed by atoms with van der Waals surface area (Å²) in [4.78, 5) is 29.6. The number of rotatable bonds is 3. The highest BCUT2D eigenvalue weighted by Crippen LogP contribution is 2.33. The van der Waals surface area contributed by atoms with Crippen LogP contribution >= 0.6 is 15.9 Å². The van der Waals surface area contributed by atoms with Crippen LogP contribution in [0.25, 0.3) is 0 Å². The maximum absolute atomic E-state index is 12.5. The molecule has 1 amide bonds. The molecule has 0 spiro atoms. The van der Waals surface area contributed by atoms with Crippen LogP contribution in [0.5, 0.6) is 0 Å². The highest BCUT2D eigenvalue weighted by Gasteiger charge is 2.48. The van der Waals surface area contributed by atoms with Crippen LogP contribution in [0.1, 0.15) is 36.7 Å². The number of hydrogen-bond acceptors (Lipinski definition) is 3. The first-order valence-electron chi connectivity index (χ1n) is 6.19. The van der Waals surface area contributed by atoms with Crippen LogP contribution in [-0.2, 0) is 4.79 Å². The van der Waals surface area contributed by atoms with E-state index in [9.17, 15) is 14.7 Å². The highest BCUT2D eigenvalue weighted by atomic mass is 79.9. The topological polar surface area (TPSA) is 70.5 Å². The van der Waals surface area contributed by atoms with E-state index >= 15 is 0 Å². The van der Waals surface area contributed by atoms with Crippen molar-refractivity contribution in [2.24, 2.45) is 0 Å². The Morgan fingerprint density at radius 1 is 1.53 bits per heavy atom. The lowest BCUT2D eigenvalue weighted by Gasteiger charge is -2.33. The van der Waals surface area contributed by atoms with Crippen molar-refractivity contribution in [2.75, 3.05) is 6.54 Å². The summed E-state index contributed by atoms with van der Waals surface area (Å²) in [6.45, 7) is 2.27. The lowest BCUT2D eigenvalue weighted by atomic mass is 9.93. The van der Waals surface area contributed by atoms with Crippen LogP contribution in [-0.4, -0.2) is 39.0 Å². The van der Waals surface area contributed by atoms with Gasteiger partial charge in [-0.3, -0.25) is 4.79 Å². The Labute approximate surface area is 119 Å². The summed E-state index contributed by atoms with van der Waals surface area (Å²) in [5, 5.41) is 9.46. The number of hydrogen-bond donors (Lipinski definition) is 1. The minimum absolute atomic E-state index is 0.273. The summed E-state index contributed by atoms with van der Waals surface area (Å²) >= 11 is 3.22. The first kappa shape index (κ1) is 14.0. The molecule has 1 saturated heterocycles. The Bertz CT molecular complexity index is 520. The van der Waals surface area contributed by atoms with Gasteiger partial charge in [-0.1, -0.05) is 13.0 Å². The Morgan fingerprint density at radius 3 is 2.84 bits per heavy atom. The number of halogens is 1. The van der Waals surface area contributed by atoms with Crippen molar-refractivity contribution in [3.8, 4) is 0 Å². The van der Waals surface area contributed by atoms with Crippen molar-refractivity contribution in [3.63, 3.8) is 0 Å². The van der Waals surface area contributed by atoms with E-state index in [-0.39, 0.29) is 11.6 Å². The Kier molecular flexibility index (Phi) is 3.89. The number of pyridine rings is 1. The predicted octanol–water partition coefficient (Wildman–Crippen LogP) is 2.31. The molecular formula is C13H15BrN2O3. The molecule has 1 fully saturated rings. The van der Waals surface area contributed by atoms with Gasteiger partial charge >= 0.3 is 5.97 Å². The molecule has 6 heteroatoms. The third-order valence-electron chi connectivity index (χ3n) is 3.65. The average molecular weight is 327 g/mol. The molecular weight excluding hydrogens is 312 g/mol.